The summed E-state index contributed by atoms with van der Waals surface area (Å²) in [5, 5.41) is 6.64. The Bertz CT molecular complexity index is 701. The molecule has 4 nitrogen and oxygen atoms in total. The molecule has 21 heavy (non-hydrogen) atoms. The number of halogens is 1. The number of anilines is 2. The zero-order valence-corrected chi connectivity index (χ0v) is 12.3. The summed E-state index contributed by atoms with van der Waals surface area (Å²) in [6.45, 7) is 0.919. The molecule has 0 radical (unpaired) electrons. The molecule has 0 aromatic heterocycles. The minimum atomic E-state index is -0.188. The van der Waals surface area contributed by atoms with Crippen LogP contribution in [0.2, 0.25) is 5.02 Å². The SMILES string of the molecule is COc1ccc(Cl)cc1NC(=O)c1ccc2c(c1)NCC2. The van der Waals surface area contributed by atoms with E-state index >= 15 is 0 Å². The van der Waals surface area contributed by atoms with Gasteiger partial charge in [-0.3, -0.25) is 4.79 Å². The van der Waals surface area contributed by atoms with E-state index in [0.717, 1.165) is 18.7 Å². The van der Waals surface area contributed by atoms with Gasteiger partial charge in [-0.25, -0.2) is 0 Å². The lowest BCUT2D eigenvalue weighted by molar-refractivity contribution is 0.102. The maximum Gasteiger partial charge on any atom is 0.255 e. The molecule has 0 unspecified atom stereocenters. The van der Waals surface area contributed by atoms with Gasteiger partial charge >= 0.3 is 0 Å². The Kier molecular flexibility index (Phi) is 3.71. The van der Waals surface area contributed by atoms with Crippen molar-refractivity contribution >= 4 is 28.9 Å². The largest absolute Gasteiger partial charge is 0.495 e. The van der Waals surface area contributed by atoms with Gasteiger partial charge in [-0.05, 0) is 42.3 Å². The molecular formula is C16H15ClN2O2. The number of fused-ring (bicyclic) bond motifs is 1. The first kappa shape index (κ1) is 13.8. The highest BCUT2D eigenvalue weighted by molar-refractivity contribution is 6.31. The van der Waals surface area contributed by atoms with Gasteiger partial charge in [-0.1, -0.05) is 17.7 Å². The van der Waals surface area contributed by atoms with Crippen molar-refractivity contribution in [3.63, 3.8) is 0 Å². The van der Waals surface area contributed by atoms with Gasteiger partial charge in [0.25, 0.3) is 5.91 Å². The lowest BCUT2D eigenvalue weighted by Gasteiger charge is -2.11. The van der Waals surface area contributed by atoms with E-state index in [4.69, 9.17) is 16.3 Å². The van der Waals surface area contributed by atoms with Crippen LogP contribution >= 0.6 is 11.6 Å². The minimum absolute atomic E-state index is 0.188. The lowest BCUT2D eigenvalue weighted by Crippen LogP contribution is -2.12. The Labute approximate surface area is 128 Å². The van der Waals surface area contributed by atoms with Gasteiger partial charge < -0.3 is 15.4 Å². The van der Waals surface area contributed by atoms with Gasteiger partial charge in [0.15, 0.2) is 0 Å². The fourth-order valence-electron chi connectivity index (χ4n) is 2.40. The van der Waals surface area contributed by atoms with E-state index in [2.05, 4.69) is 10.6 Å². The van der Waals surface area contributed by atoms with Crippen LogP contribution in [0.1, 0.15) is 15.9 Å². The zero-order chi connectivity index (χ0) is 14.8. The number of amides is 1. The van der Waals surface area contributed by atoms with Crippen LogP contribution in [0.4, 0.5) is 11.4 Å². The van der Waals surface area contributed by atoms with Gasteiger partial charge in [0, 0.05) is 22.8 Å². The van der Waals surface area contributed by atoms with E-state index < -0.39 is 0 Å². The summed E-state index contributed by atoms with van der Waals surface area (Å²) in [5.41, 5.74) is 3.43. The third-order valence-electron chi connectivity index (χ3n) is 3.49. The second-order valence-corrected chi connectivity index (χ2v) is 5.28. The average molecular weight is 303 g/mol. The molecule has 0 bridgehead atoms. The molecule has 5 heteroatoms. The number of rotatable bonds is 3. The van der Waals surface area contributed by atoms with Gasteiger partial charge in [0.1, 0.15) is 5.75 Å². The van der Waals surface area contributed by atoms with E-state index in [1.54, 1.807) is 25.3 Å². The van der Waals surface area contributed by atoms with Crippen molar-refractivity contribution in [3.8, 4) is 5.75 Å². The molecule has 1 heterocycles. The summed E-state index contributed by atoms with van der Waals surface area (Å²) in [6.07, 6.45) is 0.999. The normalized spacial score (nSPS) is 12.5. The smallest absolute Gasteiger partial charge is 0.255 e. The molecule has 1 amide bonds. The standard InChI is InChI=1S/C16H15ClN2O2/c1-21-15-5-4-12(17)9-14(15)19-16(20)11-3-2-10-6-7-18-13(10)8-11/h2-5,8-9,18H,6-7H2,1H3,(H,19,20). The molecule has 0 aliphatic carbocycles. The summed E-state index contributed by atoms with van der Waals surface area (Å²) in [6, 6.07) is 10.8. The minimum Gasteiger partial charge on any atom is -0.495 e. The van der Waals surface area contributed by atoms with E-state index in [9.17, 15) is 4.79 Å². The molecule has 0 saturated heterocycles. The Balaban J connectivity index is 1.85. The first-order valence-corrected chi connectivity index (χ1v) is 7.07. The average Bonchev–Trinajstić information content (AvgIpc) is 2.94. The predicted molar refractivity (Wildman–Crippen MR) is 84.6 cm³/mol. The quantitative estimate of drug-likeness (QED) is 0.911. The molecule has 0 atom stereocenters. The van der Waals surface area contributed by atoms with Gasteiger partial charge in [0.05, 0.1) is 12.8 Å². The maximum absolute atomic E-state index is 12.4. The Morgan fingerprint density at radius 2 is 2.14 bits per heavy atom. The Morgan fingerprint density at radius 1 is 1.29 bits per heavy atom. The number of nitrogens with one attached hydrogen (secondary N) is 2. The molecule has 108 valence electrons. The molecule has 2 N–H and O–H groups in total. The third kappa shape index (κ3) is 2.81. The van der Waals surface area contributed by atoms with Gasteiger partial charge in [-0.2, -0.15) is 0 Å². The second-order valence-electron chi connectivity index (χ2n) is 4.85. The van der Waals surface area contributed by atoms with Crippen molar-refractivity contribution in [2.24, 2.45) is 0 Å². The third-order valence-corrected chi connectivity index (χ3v) is 3.73. The molecular weight excluding hydrogens is 288 g/mol. The first-order valence-electron chi connectivity index (χ1n) is 6.69. The van der Waals surface area contributed by atoms with Gasteiger partial charge in [-0.15, -0.1) is 0 Å². The highest BCUT2D eigenvalue weighted by Gasteiger charge is 2.15. The highest BCUT2D eigenvalue weighted by atomic mass is 35.5. The summed E-state index contributed by atoms with van der Waals surface area (Å²) in [4.78, 5) is 12.4. The molecule has 0 spiro atoms. The molecule has 0 saturated carbocycles. The lowest BCUT2D eigenvalue weighted by atomic mass is 10.1. The summed E-state index contributed by atoms with van der Waals surface area (Å²) in [7, 11) is 1.55. The number of hydrogen-bond acceptors (Lipinski definition) is 3. The Morgan fingerprint density at radius 3 is 2.95 bits per heavy atom. The van der Waals surface area contributed by atoms with Crippen molar-refractivity contribution < 1.29 is 9.53 Å². The number of carbonyl (C=O) groups is 1. The van der Waals surface area contributed by atoms with Crippen LogP contribution in [-0.2, 0) is 6.42 Å². The number of ether oxygens (including phenoxy) is 1. The summed E-state index contributed by atoms with van der Waals surface area (Å²) < 4.78 is 5.23. The van der Waals surface area contributed by atoms with Crippen LogP contribution in [0.25, 0.3) is 0 Å². The van der Waals surface area contributed by atoms with Crippen molar-refractivity contribution in [1.29, 1.82) is 0 Å². The topological polar surface area (TPSA) is 50.4 Å². The van der Waals surface area contributed by atoms with Crippen LogP contribution in [0.15, 0.2) is 36.4 Å². The zero-order valence-electron chi connectivity index (χ0n) is 11.6. The fourth-order valence-corrected chi connectivity index (χ4v) is 2.58. The summed E-state index contributed by atoms with van der Waals surface area (Å²) >= 11 is 5.96. The van der Waals surface area contributed by atoms with Crippen LogP contribution < -0.4 is 15.4 Å². The van der Waals surface area contributed by atoms with Crippen LogP contribution in [0.5, 0.6) is 5.75 Å². The molecule has 0 fully saturated rings. The maximum atomic E-state index is 12.4. The van der Waals surface area contributed by atoms with E-state index in [1.165, 1.54) is 5.56 Å². The van der Waals surface area contributed by atoms with Gasteiger partial charge in [0.2, 0.25) is 0 Å². The molecule has 1 aliphatic rings. The fraction of sp³-hybridized carbons (Fsp3) is 0.188. The monoisotopic (exact) mass is 302 g/mol. The molecule has 2 aromatic rings. The van der Waals surface area contributed by atoms with Crippen molar-refractivity contribution in [1.82, 2.24) is 0 Å². The van der Waals surface area contributed by atoms with Crippen LogP contribution in [-0.4, -0.2) is 19.6 Å². The molecule has 2 aromatic carbocycles. The highest BCUT2D eigenvalue weighted by Crippen LogP contribution is 2.29. The van der Waals surface area contributed by atoms with Crippen LogP contribution in [0, 0.1) is 0 Å². The Hall–Kier alpha value is -2.20. The van der Waals surface area contributed by atoms with Crippen molar-refractivity contribution in [2.75, 3.05) is 24.3 Å². The summed E-state index contributed by atoms with van der Waals surface area (Å²) in [5.74, 6) is 0.388. The van der Waals surface area contributed by atoms with E-state index in [0.29, 0.717) is 22.0 Å². The van der Waals surface area contributed by atoms with Crippen molar-refractivity contribution in [3.05, 3.63) is 52.5 Å². The predicted octanol–water partition coefficient (Wildman–Crippen LogP) is 3.57. The van der Waals surface area contributed by atoms with E-state index in [-0.39, 0.29) is 5.91 Å². The second kappa shape index (κ2) is 5.66. The number of hydrogen-bond donors (Lipinski definition) is 2. The number of carbonyl (C=O) groups excluding carboxylic acids is 1. The van der Waals surface area contributed by atoms with E-state index in [1.807, 2.05) is 18.2 Å². The van der Waals surface area contributed by atoms with Crippen molar-refractivity contribution in [2.45, 2.75) is 6.42 Å². The first-order chi connectivity index (χ1) is 10.2. The molecule has 3 rings (SSSR count). The molecule has 1 aliphatic heterocycles. The van der Waals surface area contributed by atoms with Crippen LogP contribution in [0.3, 0.4) is 0 Å². The number of benzene rings is 2. The number of methoxy groups -OCH3 is 1.